The van der Waals surface area contributed by atoms with Crippen molar-refractivity contribution < 1.29 is 10.2 Å². The van der Waals surface area contributed by atoms with Crippen LogP contribution in [0.3, 0.4) is 0 Å². The molecule has 0 aromatic rings. The normalized spacial score (nSPS) is 20.1. The second-order valence-corrected chi connectivity index (χ2v) is 2.55. The lowest BCUT2D eigenvalue weighted by atomic mass is 10.1. The molecule has 0 bridgehead atoms. The second kappa shape index (κ2) is 4.62. The first-order chi connectivity index (χ1) is 4.57. The maximum Gasteiger partial charge on any atom is 0.0813 e. The Morgan fingerprint density at radius 2 is 1.90 bits per heavy atom. The predicted molar refractivity (Wildman–Crippen MR) is 39.3 cm³/mol. The van der Waals surface area contributed by atoms with Crippen LogP contribution in [-0.2, 0) is 0 Å². The van der Waals surface area contributed by atoms with Gasteiger partial charge in [-0.2, -0.15) is 0 Å². The highest BCUT2D eigenvalue weighted by atomic mass is 16.3. The zero-order valence-corrected chi connectivity index (χ0v) is 6.20. The molecule has 0 aliphatic carbocycles. The summed E-state index contributed by atoms with van der Waals surface area (Å²) >= 11 is 0. The third kappa shape index (κ3) is 3.79. The summed E-state index contributed by atoms with van der Waals surface area (Å²) < 4.78 is 0. The fourth-order valence-electron chi connectivity index (χ4n) is 0.726. The fraction of sp³-hybridized carbons (Fsp3) is 1.00. The third-order valence-electron chi connectivity index (χ3n) is 1.35. The highest BCUT2D eigenvalue weighted by molar-refractivity contribution is 4.73. The maximum absolute atomic E-state index is 9.01. The van der Waals surface area contributed by atoms with Crippen LogP contribution in [0, 0.1) is 0 Å². The molecule has 10 heavy (non-hydrogen) atoms. The predicted octanol–water partition coefficient (Wildman–Crippen LogP) is -1.60. The van der Waals surface area contributed by atoms with Gasteiger partial charge >= 0.3 is 0 Å². The first kappa shape index (κ1) is 9.84. The van der Waals surface area contributed by atoms with E-state index in [2.05, 4.69) is 0 Å². The molecule has 62 valence electrons. The highest BCUT2D eigenvalue weighted by Gasteiger charge is 2.14. The Hall–Kier alpha value is -0.160. The van der Waals surface area contributed by atoms with E-state index in [0.29, 0.717) is 6.42 Å². The molecule has 4 nitrogen and oxygen atoms in total. The van der Waals surface area contributed by atoms with Gasteiger partial charge in [-0.25, -0.2) is 0 Å². The van der Waals surface area contributed by atoms with Gasteiger partial charge in [0, 0.05) is 12.6 Å². The lowest BCUT2D eigenvalue weighted by Crippen LogP contribution is -2.41. The third-order valence-corrected chi connectivity index (χ3v) is 1.35. The number of hydrogen-bond acceptors (Lipinski definition) is 4. The van der Waals surface area contributed by atoms with E-state index in [1.807, 2.05) is 0 Å². The van der Waals surface area contributed by atoms with Crippen LogP contribution < -0.4 is 11.5 Å². The molecule has 0 spiro atoms. The van der Waals surface area contributed by atoms with Gasteiger partial charge in [-0.05, 0) is 13.3 Å². The Kier molecular flexibility index (Phi) is 4.55. The minimum absolute atomic E-state index is 0.147. The Morgan fingerprint density at radius 1 is 1.40 bits per heavy atom. The molecule has 0 aliphatic rings. The number of hydrogen-bond donors (Lipinski definition) is 4. The smallest absolute Gasteiger partial charge is 0.0813 e. The average Bonchev–Trinajstić information content (AvgIpc) is 1.85. The van der Waals surface area contributed by atoms with Crippen molar-refractivity contribution in [3.8, 4) is 0 Å². The van der Waals surface area contributed by atoms with Crippen LogP contribution in [-0.4, -0.2) is 35.0 Å². The van der Waals surface area contributed by atoms with Gasteiger partial charge in [0.25, 0.3) is 0 Å². The molecular weight excluding hydrogens is 132 g/mol. The van der Waals surface area contributed by atoms with Crippen molar-refractivity contribution in [2.45, 2.75) is 31.6 Å². The molecule has 6 N–H and O–H groups in total. The molecule has 0 aromatic carbocycles. The molecule has 3 atom stereocenters. The first-order valence-corrected chi connectivity index (χ1v) is 3.39. The Morgan fingerprint density at radius 3 is 2.20 bits per heavy atom. The summed E-state index contributed by atoms with van der Waals surface area (Å²) in [6.07, 6.45) is -0.788. The summed E-state index contributed by atoms with van der Waals surface area (Å²) in [5, 5.41) is 17.8. The molecular formula is C6H16N2O2. The van der Waals surface area contributed by atoms with Gasteiger partial charge in [0.2, 0.25) is 0 Å². The SMILES string of the molecule is CC(O)CC(N)C(O)CN. The zero-order chi connectivity index (χ0) is 8.15. The molecule has 0 rings (SSSR count). The zero-order valence-electron chi connectivity index (χ0n) is 6.20. The van der Waals surface area contributed by atoms with E-state index in [-0.39, 0.29) is 6.54 Å². The maximum atomic E-state index is 9.01. The van der Waals surface area contributed by atoms with Crippen molar-refractivity contribution in [1.29, 1.82) is 0 Å². The van der Waals surface area contributed by atoms with Gasteiger partial charge in [0.1, 0.15) is 0 Å². The van der Waals surface area contributed by atoms with Crippen LogP contribution >= 0.6 is 0 Å². The summed E-state index contributed by atoms with van der Waals surface area (Å²) in [7, 11) is 0. The van der Waals surface area contributed by atoms with Crippen molar-refractivity contribution in [2.75, 3.05) is 6.54 Å². The van der Waals surface area contributed by atoms with Crippen LogP contribution in [0.5, 0.6) is 0 Å². The summed E-state index contributed by atoms with van der Waals surface area (Å²) in [5.74, 6) is 0. The fourth-order valence-corrected chi connectivity index (χ4v) is 0.726. The molecule has 4 heteroatoms. The quantitative estimate of drug-likeness (QED) is 0.386. The molecule has 0 saturated heterocycles. The number of rotatable bonds is 4. The van der Waals surface area contributed by atoms with Crippen molar-refractivity contribution in [2.24, 2.45) is 11.5 Å². The van der Waals surface area contributed by atoms with Gasteiger partial charge in [0.15, 0.2) is 0 Å². The Bertz CT molecular complexity index is 87.8. The highest BCUT2D eigenvalue weighted by Crippen LogP contribution is 1.98. The summed E-state index contributed by atoms with van der Waals surface area (Å²) in [5.41, 5.74) is 10.6. The number of aliphatic hydroxyl groups excluding tert-OH is 2. The lowest BCUT2D eigenvalue weighted by molar-refractivity contribution is 0.108. The van der Waals surface area contributed by atoms with Crippen molar-refractivity contribution in [3.05, 3.63) is 0 Å². The lowest BCUT2D eigenvalue weighted by Gasteiger charge is -2.17. The molecule has 0 saturated carbocycles. The van der Waals surface area contributed by atoms with E-state index in [9.17, 15) is 0 Å². The average molecular weight is 148 g/mol. The van der Waals surface area contributed by atoms with Crippen LogP contribution in [0.2, 0.25) is 0 Å². The van der Waals surface area contributed by atoms with Crippen LogP contribution in [0.1, 0.15) is 13.3 Å². The molecule has 0 fully saturated rings. The van der Waals surface area contributed by atoms with Crippen LogP contribution in [0.4, 0.5) is 0 Å². The minimum Gasteiger partial charge on any atom is -0.393 e. The van der Waals surface area contributed by atoms with Gasteiger partial charge < -0.3 is 21.7 Å². The van der Waals surface area contributed by atoms with Gasteiger partial charge in [-0.3, -0.25) is 0 Å². The van der Waals surface area contributed by atoms with Crippen LogP contribution in [0.25, 0.3) is 0 Å². The van der Waals surface area contributed by atoms with E-state index in [1.54, 1.807) is 6.92 Å². The van der Waals surface area contributed by atoms with E-state index < -0.39 is 18.2 Å². The molecule has 3 unspecified atom stereocenters. The van der Waals surface area contributed by atoms with Crippen molar-refractivity contribution >= 4 is 0 Å². The summed E-state index contributed by atoms with van der Waals surface area (Å²) in [6.45, 7) is 1.77. The van der Waals surface area contributed by atoms with Gasteiger partial charge in [-0.15, -0.1) is 0 Å². The standard InChI is InChI=1S/C6H16N2O2/c1-4(9)2-5(8)6(10)3-7/h4-6,9-10H,2-3,7-8H2,1H3. The van der Waals surface area contributed by atoms with Gasteiger partial charge in [0.05, 0.1) is 12.2 Å². The summed E-state index contributed by atoms with van der Waals surface area (Å²) in [4.78, 5) is 0. The Balaban J connectivity index is 3.50. The number of aliphatic hydroxyl groups is 2. The largest absolute Gasteiger partial charge is 0.393 e. The van der Waals surface area contributed by atoms with Crippen LogP contribution in [0.15, 0.2) is 0 Å². The molecule has 0 heterocycles. The van der Waals surface area contributed by atoms with Crippen molar-refractivity contribution in [3.63, 3.8) is 0 Å². The monoisotopic (exact) mass is 148 g/mol. The first-order valence-electron chi connectivity index (χ1n) is 3.39. The number of nitrogens with two attached hydrogens (primary N) is 2. The van der Waals surface area contributed by atoms with E-state index in [4.69, 9.17) is 21.7 Å². The molecule has 0 aromatic heterocycles. The van der Waals surface area contributed by atoms with Gasteiger partial charge in [-0.1, -0.05) is 0 Å². The minimum atomic E-state index is -0.699. The molecule has 0 amide bonds. The van der Waals surface area contributed by atoms with E-state index in [1.165, 1.54) is 0 Å². The molecule has 0 radical (unpaired) electrons. The Labute approximate surface area is 60.8 Å². The van der Waals surface area contributed by atoms with Crippen molar-refractivity contribution in [1.82, 2.24) is 0 Å². The van der Waals surface area contributed by atoms with E-state index >= 15 is 0 Å². The topological polar surface area (TPSA) is 92.5 Å². The molecule has 0 aliphatic heterocycles. The van der Waals surface area contributed by atoms with E-state index in [0.717, 1.165) is 0 Å². The summed E-state index contributed by atoms with van der Waals surface area (Å²) in [6, 6.07) is -0.412. The second-order valence-electron chi connectivity index (χ2n) is 2.55.